The maximum atomic E-state index is 12.0. The van der Waals surface area contributed by atoms with Crippen molar-refractivity contribution in [3.63, 3.8) is 0 Å². The van der Waals surface area contributed by atoms with Gasteiger partial charge in [-0.2, -0.15) is 0 Å². The van der Waals surface area contributed by atoms with Crippen LogP contribution in [0.5, 0.6) is 0 Å². The Labute approximate surface area is 132 Å². The van der Waals surface area contributed by atoms with Crippen LogP contribution in [-0.2, 0) is 19.6 Å². The second-order valence-corrected chi connectivity index (χ2v) is 7.73. The molecule has 0 bridgehead atoms. The number of hydrogen-bond donors (Lipinski definition) is 2. The summed E-state index contributed by atoms with van der Waals surface area (Å²) in [5.74, 6) is -2.19. The van der Waals surface area contributed by atoms with Gasteiger partial charge in [0.2, 0.25) is 15.9 Å². The lowest BCUT2D eigenvalue weighted by Crippen LogP contribution is -2.46. The minimum absolute atomic E-state index is 0.00502. The zero-order valence-corrected chi connectivity index (χ0v) is 14.1. The summed E-state index contributed by atoms with van der Waals surface area (Å²) in [5.41, 5.74) is -0.952. The maximum absolute atomic E-state index is 12.0. The molecule has 7 nitrogen and oxygen atoms in total. The van der Waals surface area contributed by atoms with E-state index in [9.17, 15) is 23.1 Å². The van der Waals surface area contributed by atoms with Gasteiger partial charge in [-0.05, 0) is 12.8 Å². The lowest BCUT2D eigenvalue weighted by molar-refractivity contribution is -0.150. The molecule has 0 aromatic heterocycles. The fourth-order valence-electron chi connectivity index (χ4n) is 2.89. The molecule has 1 fully saturated rings. The first kappa shape index (κ1) is 18.9. The Hall–Kier alpha value is -1.15. The average Bonchev–Trinajstić information content (AvgIpc) is 2.46. The van der Waals surface area contributed by atoms with Crippen molar-refractivity contribution in [2.24, 2.45) is 5.41 Å². The number of nitrogens with zero attached hydrogens (tertiary/aromatic N) is 1. The lowest BCUT2D eigenvalue weighted by atomic mass is 9.74. The third kappa shape index (κ3) is 4.67. The monoisotopic (exact) mass is 334 g/mol. The van der Waals surface area contributed by atoms with Crippen LogP contribution in [0.3, 0.4) is 0 Å². The summed E-state index contributed by atoms with van der Waals surface area (Å²) in [6.45, 7) is 4.03. The van der Waals surface area contributed by atoms with Crippen molar-refractivity contribution in [1.29, 1.82) is 0 Å². The average molecular weight is 334 g/mol. The van der Waals surface area contributed by atoms with Gasteiger partial charge in [-0.3, -0.25) is 9.59 Å². The van der Waals surface area contributed by atoms with Gasteiger partial charge in [0.1, 0.15) is 5.75 Å². The highest BCUT2D eigenvalue weighted by Gasteiger charge is 2.40. The fourth-order valence-corrected chi connectivity index (χ4v) is 4.29. The van der Waals surface area contributed by atoms with E-state index in [1.54, 1.807) is 13.8 Å². The Bertz CT molecular complexity index is 493. The second-order valence-electron chi connectivity index (χ2n) is 5.76. The van der Waals surface area contributed by atoms with E-state index in [2.05, 4.69) is 5.32 Å². The summed E-state index contributed by atoms with van der Waals surface area (Å²) >= 11 is 0. The Balaban J connectivity index is 2.63. The van der Waals surface area contributed by atoms with Crippen LogP contribution in [0.2, 0.25) is 0 Å². The first-order chi connectivity index (χ1) is 10.3. The van der Waals surface area contributed by atoms with Crippen LogP contribution in [0.1, 0.15) is 46.0 Å². The molecule has 0 unspecified atom stereocenters. The van der Waals surface area contributed by atoms with Crippen molar-refractivity contribution in [3.05, 3.63) is 0 Å². The van der Waals surface area contributed by atoms with Gasteiger partial charge in [0, 0.05) is 19.6 Å². The van der Waals surface area contributed by atoms with E-state index in [0.29, 0.717) is 25.9 Å². The van der Waals surface area contributed by atoms with Crippen molar-refractivity contribution in [3.8, 4) is 0 Å². The predicted octanol–water partition coefficient (Wildman–Crippen LogP) is 0.809. The van der Waals surface area contributed by atoms with Crippen molar-refractivity contribution in [2.75, 3.05) is 25.4 Å². The van der Waals surface area contributed by atoms with E-state index >= 15 is 0 Å². The number of hydrogen-bond acceptors (Lipinski definition) is 4. The van der Waals surface area contributed by atoms with Gasteiger partial charge in [0.05, 0.1) is 5.41 Å². The number of aliphatic carboxylic acids is 1. The van der Waals surface area contributed by atoms with Crippen LogP contribution in [0, 0.1) is 5.41 Å². The zero-order chi connectivity index (χ0) is 16.8. The van der Waals surface area contributed by atoms with E-state index in [-0.39, 0.29) is 6.54 Å². The van der Waals surface area contributed by atoms with Crippen molar-refractivity contribution >= 4 is 21.9 Å². The lowest BCUT2D eigenvalue weighted by Gasteiger charge is -2.33. The van der Waals surface area contributed by atoms with Crippen LogP contribution in [-0.4, -0.2) is 55.1 Å². The highest BCUT2D eigenvalue weighted by molar-refractivity contribution is 7.89. The molecule has 1 aliphatic rings. The molecule has 22 heavy (non-hydrogen) atoms. The second kappa shape index (κ2) is 7.92. The number of amides is 1. The molecule has 1 saturated carbocycles. The van der Waals surface area contributed by atoms with Crippen molar-refractivity contribution in [2.45, 2.75) is 46.0 Å². The summed E-state index contributed by atoms with van der Waals surface area (Å²) < 4.78 is 25.3. The molecule has 1 aliphatic carbocycles. The Kier molecular flexibility index (Phi) is 6.80. The van der Waals surface area contributed by atoms with Gasteiger partial charge in [-0.15, -0.1) is 0 Å². The Morgan fingerprint density at radius 3 is 2.14 bits per heavy atom. The summed E-state index contributed by atoms with van der Waals surface area (Å²) in [4.78, 5) is 23.4. The van der Waals surface area contributed by atoms with E-state index in [1.807, 2.05) is 0 Å². The Morgan fingerprint density at radius 2 is 1.68 bits per heavy atom. The molecular formula is C14H26N2O5S. The van der Waals surface area contributed by atoms with Gasteiger partial charge in [0.25, 0.3) is 0 Å². The van der Waals surface area contributed by atoms with Gasteiger partial charge in [-0.1, -0.05) is 33.1 Å². The van der Waals surface area contributed by atoms with Gasteiger partial charge in [-0.25, -0.2) is 12.7 Å². The van der Waals surface area contributed by atoms with Crippen LogP contribution >= 0.6 is 0 Å². The first-order valence-electron chi connectivity index (χ1n) is 7.75. The third-order valence-electron chi connectivity index (χ3n) is 4.30. The molecule has 0 aliphatic heterocycles. The quantitative estimate of drug-likeness (QED) is 0.683. The number of sulfonamides is 1. The summed E-state index contributed by atoms with van der Waals surface area (Å²) in [7, 11) is -3.64. The van der Waals surface area contributed by atoms with E-state index in [0.717, 1.165) is 19.3 Å². The van der Waals surface area contributed by atoms with Crippen LogP contribution < -0.4 is 5.32 Å². The predicted molar refractivity (Wildman–Crippen MR) is 82.9 cm³/mol. The molecule has 128 valence electrons. The van der Waals surface area contributed by atoms with Crippen LogP contribution in [0.15, 0.2) is 0 Å². The third-order valence-corrected chi connectivity index (χ3v) is 6.23. The molecule has 0 radical (unpaired) electrons. The summed E-state index contributed by atoms with van der Waals surface area (Å²) in [6, 6.07) is 0. The smallest absolute Gasteiger partial charge is 0.311 e. The molecule has 0 aromatic carbocycles. The standard InChI is InChI=1S/C14H26N2O5S/c1-3-16(4-2)22(20,21)10-12(17)15-11-14(13(18)19)8-6-5-7-9-14/h3-11H2,1-2H3,(H,15,17)(H,18,19). The molecule has 0 heterocycles. The molecular weight excluding hydrogens is 308 g/mol. The Morgan fingerprint density at radius 1 is 1.14 bits per heavy atom. The first-order valence-corrected chi connectivity index (χ1v) is 9.36. The van der Waals surface area contributed by atoms with E-state index < -0.39 is 33.1 Å². The van der Waals surface area contributed by atoms with Gasteiger partial charge < -0.3 is 10.4 Å². The molecule has 0 atom stereocenters. The van der Waals surface area contributed by atoms with Crippen LogP contribution in [0.25, 0.3) is 0 Å². The highest BCUT2D eigenvalue weighted by Crippen LogP contribution is 2.35. The minimum Gasteiger partial charge on any atom is -0.481 e. The van der Waals surface area contributed by atoms with E-state index in [4.69, 9.17) is 0 Å². The number of carbonyl (C=O) groups excluding carboxylic acids is 1. The van der Waals surface area contributed by atoms with Crippen molar-refractivity contribution < 1.29 is 23.1 Å². The summed E-state index contributed by atoms with van der Waals surface area (Å²) in [6.07, 6.45) is 3.68. The molecule has 0 aromatic rings. The summed E-state index contributed by atoms with van der Waals surface area (Å²) in [5, 5.41) is 11.9. The van der Waals surface area contributed by atoms with Gasteiger partial charge in [0.15, 0.2) is 0 Å². The fraction of sp³-hybridized carbons (Fsp3) is 0.857. The van der Waals surface area contributed by atoms with Crippen molar-refractivity contribution in [1.82, 2.24) is 9.62 Å². The highest BCUT2D eigenvalue weighted by atomic mass is 32.2. The molecule has 1 amide bonds. The SMILES string of the molecule is CCN(CC)S(=O)(=O)CC(=O)NCC1(C(=O)O)CCCCC1. The number of carboxylic acid groups (broad SMARTS) is 1. The van der Waals surface area contributed by atoms with Crippen LogP contribution in [0.4, 0.5) is 0 Å². The largest absolute Gasteiger partial charge is 0.481 e. The van der Waals surface area contributed by atoms with E-state index in [1.165, 1.54) is 4.31 Å². The number of carbonyl (C=O) groups is 2. The van der Waals surface area contributed by atoms with Gasteiger partial charge >= 0.3 is 5.97 Å². The maximum Gasteiger partial charge on any atom is 0.311 e. The topological polar surface area (TPSA) is 104 Å². The molecule has 1 rings (SSSR count). The molecule has 0 spiro atoms. The normalized spacial score (nSPS) is 18.1. The molecule has 8 heteroatoms. The molecule has 0 saturated heterocycles. The minimum atomic E-state index is -3.64. The number of carboxylic acids is 1. The zero-order valence-electron chi connectivity index (χ0n) is 13.3. The number of rotatable bonds is 8. The molecule has 2 N–H and O–H groups in total. The number of nitrogens with one attached hydrogen (secondary N) is 1.